The molecule has 1 atom stereocenters. The van der Waals surface area contributed by atoms with Crippen molar-refractivity contribution >= 4 is 6.02 Å². The van der Waals surface area contributed by atoms with E-state index in [4.69, 9.17) is 15.2 Å². The molecule has 1 aromatic rings. The fraction of sp³-hybridized carbons (Fsp3) is 0.364. The highest BCUT2D eigenvalue weighted by atomic mass is 16.5. The number of nitrogens with two attached hydrogens (primary N) is 1. The third-order valence-corrected chi connectivity index (χ3v) is 2.15. The van der Waals surface area contributed by atoms with E-state index in [0.29, 0.717) is 19.8 Å². The summed E-state index contributed by atoms with van der Waals surface area (Å²) < 4.78 is 10.7. The van der Waals surface area contributed by atoms with Gasteiger partial charge in [-0.05, 0) is 5.56 Å². The number of rotatable bonds is 4. The molecule has 15 heavy (non-hydrogen) atoms. The first kappa shape index (κ1) is 9.98. The molecule has 0 amide bonds. The lowest BCUT2D eigenvalue weighted by Gasteiger charge is -2.10. The predicted octanol–water partition coefficient (Wildman–Crippen LogP) is 0.917. The zero-order valence-corrected chi connectivity index (χ0v) is 8.43. The Morgan fingerprint density at radius 3 is 2.87 bits per heavy atom. The van der Waals surface area contributed by atoms with Gasteiger partial charge in [-0.25, -0.2) is 4.99 Å². The van der Waals surface area contributed by atoms with Crippen molar-refractivity contribution in [2.45, 2.75) is 12.7 Å². The highest BCUT2D eigenvalue weighted by Gasteiger charge is 2.17. The van der Waals surface area contributed by atoms with E-state index in [1.165, 1.54) is 0 Å². The summed E-state index contributed by atoms with van der Waals surface area (Å²) in [5.41, 5.74) is 6.54. The van der Waals surface area contributed by atoms with Crippen LogP contribution in [0.4, 0.5) is 0 Å². The maximum absolute atomic E-state index is 5.50. The molecule has 1 unspecified atom stereocenters. The van der Waals surface area contributed by atoms with Gasteiger partial charge in [-0.1, -0.05) is 30.3 Å². The Hall–Kier alpha value is -1.55. The maximum Gasteiger partial charge on any atom is 0.282 e. The van der Waals surface area contributed by atoms with Crippen molar-refractivity contribution in [1.82, 2.24) is 0 Å². The molecule has 4 nitrogen and oxygen atoms in total. The van der Waals surface area contributed by atoms with Gasteiger partial charge >= 0.3 is 0 Å². The van der Waals surface area contributed by atoms with Crippen LogP contribution in [-0.2, 0) is 16.1 Å². The second-order valence-electron chi connectivity index (χ2n) is 3.42. The summed E-state index contributed by atoms with van der Waals surface area (Å²) in [4.78, 5) is 3.94. The zero-order chi connectivity index (χ0) is 10.5. The average molecular weight is 206 g/mol. The van der Waals surface area contributed by atoms with Crippen LogP contribution in [0.15, 0.2) is 35.3 Å². The van der Waals surface area contributed by atoms with Crippen molar-refractivity contribution < 1.29 is 9.47 Å². The van der Waals surface area contributed by atoms with Crippen LogP contribution in [0.25, 0.3) is 0 Å². The fourth-order valence-electron chi connectivity index (χ4n) is 1.41. The van der Waals surface area contributed by atoms with Crippen LogP contribution in [0.1, 0.15) is 5.56 Å². The van der Waals surface area contributed by atoms with Gasteiger partial charge in [-0.2, -0.15) is 0 Å². The number of amidine groups is 1. The van der Waals surface area contributed by atoms with Crippen molar-refractivity contribution in [2.24, 2.45) is 10.7 Å². The Balaban J connectivity index is 1.68. The lowest BCUT2D eigenvalue weighted by atomic mass is 10.2. The van der Waals surface area contributed by atoms with Crippen molar-refractivity contribution in [2.75, 3.05) is 13.2 Å². The monoisotopic (exact) mass is 206 g/mol. The van der Waals surface area contributed by atoms with E-state index in [0.717, 1.165) is 5.56 Å². The molecule has 2 N–H and O–H groups in total. The molecule has 0 spiro atoms. The highest BCUT2D eigenvalue weighted by molar-refractivity contribution is 5.72. The molecular weight excluding hydrogens is 192 g/mol. The Bertz CT molecular complexity index is 338. The molecule has 0 bridgehead atoms. The zero-order valence-electron chi connectivity index (χ0n) is 8.43. The van der Waals surface area contributed by atoms with E-state index in [-0.39, 0.29) is 12.1 Å². The molecule has 2 rings (SSSR count). The summed E-state index contributed by atoms with van der Waals surface area (Å²) in [6.45, 7) is 1.72. The van der Waals surface area contributed by atoms with Crippen molar-refractivity contribution in [3.8, 4) is 0 Å². The molecule has 1 aliphatic heterocycles. The van der Waals surface area contributed by atoms with E-state index < -0.39 is 0 Å². The van der Waals surface area contributed by atoms with E-state index >= 15 is 0 Å². The van der Waals surface area contributed by atoms with Crippen LogP contribution >= 0.6 is 0 Å². The Labute approximate surface area is 88.7 Å². The molecular formula is C11H14N2O2. The Kier molecular flexibility index (Phi) is 3.19. The topological polar surface area (TPSA) is 56.8 Å². The quantitative estimate of drug-likeness (QED) is 0.796. The van der Waals surface area contributed by atoms with E-state index in [1.54, 1.807) is 0 Å². The smallest absolute Gasteiger partial charge is 0.282 e. The molecule has 4 heteroatoms. The molecule has 0 saturated heterocycles. The summed E-state index contributed by atoms with van der Waals surface area (Å²) in [5.74, 6) is 0. The minimum atomic E-state index is -0.0197. The van der Waals surface area contributed by atoms with Crippen molar-refractivity contribution in [3.63, 3.8) is 0 Å². The normalized spacial score (nSPS) is 19.7. The number of aliphatic imine (C=N–C) groups is 1. The number of nitrogens with zero attached hydrogens (tertiary/aromatic N) is 1. The van der Waals surface area contributed by atoms with Crippen LogP contribution in [0.3, 0.4) is 0 Å². The van der Waals surface area contributed by atoms with Crippen LogP contribution < -0.4 is 5.73 Å². The number of ether oxygens (including phenoxy) is 2. The first-order valence-corrected chi connectivity index (χ1v) is 4.93. The first-order valence-electron chi connectivity index (χ1n) is 4.93. The predicted molar refractivity (Wildman–Crippen MR) is 57.5 cm³/mol. The summed E-state index contributed by atoms with van der Waals surface area (Å²) in [6.07, 6.45) is -0.0197. The minimum Gasteiger partial charge on any atom is -0.458 e. The van der Waals surface area contributed by atoms with Gasteiger partial charge in [0.1, 0.15) is 6.10 Å². The molecule has 1 aliphatic rings. The van der Waals surface area contributed by atoms with Crippen LogP contribution in [0, 0.1) is 0 Å². The van der Waals surface area contributed by atoms with E-state index in [2.05, 4.69) is 4.99 Å². The molecule has 80 valence electrons. The Morgan fingerprint density at radius 2 is 2.20 bits per heavy atom. The molecule has 0 saturated carbocycles. The number of hydrogen-bond donors (Lipinski definition) is 1. The SMILES string of the molecule is NC1=NCC(COCc2ccccc2)O1. The second kappa shape index (κ2) is 4.79. The lowest BCUT2D eigenvalue weighted by molar-refractivity contribution is 0.0479. The van der Waals surface area contributed by atoms with Gasteiger partial charge in [0.25, 0.3) is 6.02 Å². The van der Waals surface area contributed by atoms with Gasteiger partial charge < -0.3 is 15.2 Å². The van der Waals surface area contributed by atoms with Gasteiger partial charge in [-0.3, -0.25) is 0 Å². The third kappa shape index (κ3) is 2.95. The van der Waals surface area contributed by atoms with Crippen molar-refractivity contribution in [3.05, 3.63) is 35.9 Å². The van der Waals surface area contributed by atoms with E-state index in [1.807, 2.05) is 30.3 Å². The van der Waals surface area contributed by atoms with Crippen LogP contribution in [0.2, 0.25) is 0 Å². The molecule has 0 fully saturated rings. The van der Waals surface area contributed by atoms with Gasteiger partial charge in [0.05, 0.1) is 19.8 Å². The summed E-state index contributed by atoms with van der Waals surface area (Å²) in [7, 11) is 0. The van der Waals surface area contributed by atoms with Gasteiger partial charge in [0.2, 0.25) is 0 Å². The molecule has 0 aromatic heterocycles. The fourth-order valence-corrected chi connectivity index (χ4v) is 1.41. The first-order chi connectivity index (χ1) is 7.34. The second-order valence-corrected chi connectivity index (χ2v) is 3.42. The third-order valence-electron chi connectivity index (χ3n) is 2.15. The molecule has 0 radical (unpaired) electrons. The molecule has 0 aliphatic carbocycles. The standard InChI is InChI=1S/C11H14N2O2/c12-11-13-6-10(15-11)8-14-7-9-4-2-1-3-5-9/h1-5,10H,6-8H2,(H2,12,13). The number of hydrogen-bond acceptors (Lipinski definition) is 4. The van der Waals surface area contributed by atoms with E-state index in [9.17, 15) is 0 Å². The summed E-state index contributed by atoms with van der Waals surface area (Å²) in [5, 5.41) is 0. The largest absolute Gasteiger partial charge is 0.458 e. The van der Waals surface area contributed by atoms with Crippen LogP contribution in [0.5, 0.6) is 0 Å². The van der Waals surface area contributed by atoms with Gasteiger partial charge in [0.15, 0.2) is 0 Å². The summed E-state index contributed by atoms with van der Waals surface area (Å²) in [6, 6.07) is 10.3. The van der Waals surface area contributed by atoms with Crippen LogP contribution in [-0.4, -0.2) is 25.3 Å². The van der Waals surface area contributed by atoms with Gasteiger partial charge in [-0.15, -0.1) is 0 Å². The average Bonchev–Trinajstić information content (AvgIpc) is 2.66. The highest BCUT2D eigenvalue weighted by Crippen LogP contribution is 2.05. The van der Waals surface area contributed by atoms with Gasteiger partial charge in [0, 0.05) is 0 Å². The number of benzene rings is 1. The van der Waals surface area contributed by atoms with Crippen molar-refractivity contribution in [1.29, 1.82) is 0 Å². The molecule has 1 heterocycles. The Morgan fingerprint density at radius 1 is 1.40 bits per heavy atom. The maximum atomic E-state index is 5.50. The molecule has 1 aromatic carbocycles. The minimum absolute atomic E-state index is 0.0197. The lowest BCUT2D eigenvalue weighted by Crippen LogP contribution is -2.22. The summed E-state index contributed by atoms with van der Waals surface area (Å²) >= 11 is 0.